The Morgan fingerprint density at radius 1 is 1.26 bits per heavy atom. The number of hydrogen-bond acceptors (Lipinski definition) is 4. The molecule has 2 rings (SSSR count). The van der Waals surface area contributed by atoms with Crippen molar-refractivity contribution in [3.63, 3.8) is 0 Å². The largest absolute Gasteiger partial charge is 0.478 e. The van der Waals surface area contributed by atoms with Crippen LogP contribution in [0.3, 0.4) is 0 Å². The normalized spacial score (nSPS) is 16.6. The lowest BCUT2D eigenvalue weighted by Crippen LogP contribution is -2.47. The first-order valence-corrected chi connectivity index (χ1v) is 6.23. The first-order chi connectivity index (χ1) is 9.13. The SMILES string of the molecule is O=C(O)c1cccc(F)c1N1CCN(CCO)CC1. The van der Waals surface area contributed by atoms with Gasteiger partial charge < -0.3 is 15.1 Å². The van der Waals surface area contributed by atoms with Gasteiger partial charge in [0.25, 0.3) is 0 Å². The third-order valence-corrected chi connectivity index (χ3v) is 3.32. The number of anilines is 1. The van der Waals surface area contributed by atoms with E-state index in [1.807, 2.05) is 0 Å². The number of aliphatic hydroxyl groups is 1. The summed E-state index contributed by atoms with van der Waals surface area (Å²) < 4.78 is 13.9. The number of carbonyl (C=O) groups is 1. The zero-order valence-electron chi connectivity index (χ0n) is 10.5. The van der Waals surface area contributed by atoms with Crippen LogP contribution < -0.4 is 4.90 Å². The molecule has 1 aliphatic heterocycles. The van der Waals surface area contributed by atoms with Crippen LogP contribution in [-0.2, 0) is 0 Å². The summed E-state index contributed by atoms with van der Waals surface area (Å²) in [6.45, 7) is 3.18. The Morgan fingerprint density at radius 2 is 1.95 bits per heavy atom. The number of carboxylic acids is 1. The molecule has 1 aromatic carbocycles. The maximum Gasteiger partial charge on any atom is 0.337 e. The first-order valence-electron chi connectivity index (χ1n) is 6.23. The van der Waals surface area contributed by atoms with Gasteiger partial charge in [-0.1, -0.05) is 6.07 Å². The Labute approximate surface area is 110 Å². The Morgan fingerprint density at radius 3 is 2.53 bits per heavy atom. The maximum absolute atomic E-state index is 13.9. The molecule has 0 spiro atoms. The molecule has 0 saturated carbocycles. The number of rotatable bonds is 4. The van der Waals surface area contributed by atoms with E-state index in [4.69, 9.17) is 10.2 Å². The second kappa shape index (κ2) is 5.99. The molecular formula is C13H17FN2O3. The lowest BCUT2D eigenvalue weighted by atomic mass is 10.1. The molecule has 0 atom stereocenters. The van der Waals surface area contributed by atoms with Gasteiger partial charge in [-0.25, -0.2) is 9.18 Å². The number of halogens is 1. The molecule has 104 valence electrons. The Bertz CT molecular complexity index is 459. The van der Waals surface area contributed by atoms with Gasteiger partial charge in [0.1, 0.15) is 5.82 Å². The second-order valence-corrected chi connectivity index (χ2v) is 4.49. The van der Waals surface area contributed by atoms with Gasteiger partial charge in [-0.05, 0) is 12.1 Å². The van der Waals surface area contributed by atoms with Gasteiger partial charge in [-0.15, -0.1) is 0 Å². The number of β-amino-alcohol motifs (C(OH)–C–C–N with tert-alkyl or cyclic N) is 1. The van der Waals surface area contributed by atoms with Crippen molar-refractivity contribution in [1.82, 2.24) is 4.90 Å². The van der Waals surface area contributed by atoms with Gasteiger partial charge in [0.05, 0.1) is 17.9 Å². The highest BCUT2D eigenvalue weighted by atomic mass is 19.1. The number of aromatic carboxylic acids is 1. The van der Waals surface area contributed by atoms with Gasteiger partial charge in [0, 0.05) is 32.7 Å². The Kier molecular flexibility index (Phi) is 4.34. The predicted octanol–water partition coefficient (Wildman–Crippen LogP) is 0.638. The molecule has 0 aromatic heterocycles. The molecule has 1 saturated heterocycles. The van der Waals surface area contributed by atoms with Crippen molar-refractivity contribution in [3.8, 4) is 0 Å². The Balaban J connectivity index is 2.17. The highest BCUT2D eigenvalue weighted by Gasteiger charge is 2.23. The van der Waals surface area contributed by atoms with Crippen molar-refractivity contribution in [2.75, 3.05) is 44.2 Å². The molecule has 6 heteroatoms. The molecule has 0 radical (unpaired) electrons. The molecule has 1 heterocycles. The van der Waals surface area contributed by atoms with Gasteiger partial charge in [0.15, 0.2) is 0 Å². The number of nitrogens with zero attached hydrogens (tertiary/aromatic N) is 2. The zero-order chi connectivity index (χ0) is 13.8. The quantitative estimate of drug-likeness (QED) is 0.839. The molecule has 19 heavy (non-hydrogen) atoms. The summed E-state index contributed by atoms with van der Waals surface area (Å²) in [7, 11) is 0. The van der Waals surface area contributed by atoms with E-state index in [1.165, 1.54) is 18.2 Å². The monoisotopic (exact) mass is 268 g/mol. The molecule has 1 aromatic rings. The maximum atomic E-state index is 13.9. The van der Waals surface area contributed by atoms with E-state index in [-0.39, 0.29) is 17.9 Å². The predicted molar refractivity (Wildman–Crippen MR) is 69.1 cm³/mol. The molecular weight excluding hydrogens is 251 g/mol. The molecule has 0 unspecified atom stereocenters. The standard InChI is InChI=1S/C13H17FN2O3/c14-11-3-1-2-10(13(18)19)12(11)16-6-4-15(5-7-16)8-9-17/h1-3,17H,4-9H2,(H,18,19). The van der Waals surface area contributed by atoms with E-state index in [0.29, 0.717) is 32.7 Å². The van der Waals surface area contributed by atoms with Crippen molar-refractivity contribution < 1.29 is 19.4 Å². The molecule has 0 bridgehead atoms. The minimum Gasteiger partial charge on any atom is -0.478 e. The summed E-state index contributed by atoms with van der Waals surface area (Å²) in [6.07, 6.45) is 0. The second-order valence-electron chi connectivity index (χ2n) is 4.49. The van der Waals surface area contributed by atoms with Crippen molar-refractivity contribution in [2.24, 2.45) is 0 Å². The van der Waals surface area contributed by atoms with Crippen LogP contribution in [0.15, 0.2) is 18.2 Å². The number of hydrogen-bond donors (Lipinski definition) is 2. The van der Waals surface area contributed by atoms with E-state index in [0.717, 1.165) is 0 Å². The van der Waals surface area contributed by atoms with Crippen LogP contribution in [0.5, 0.6) is 0 Å². The summed E-state index contributed by atoms with van der Waals surface area (Å²) >= 11 is 0. The van der Waals surface area contributed by atoms with Crippen molar-refractivity contribution in [3.05, 3.63) is 29.6 Å². The molecule has 2 N–H and O–H groups in total. The fourth-order valence-electron chi connectivity index (χ4n) is 2.35. The topological polar surface area (TPSA) is 64.0 Å². The minimum atomic E-state index is -1.12. The van der Waals surface area contributed by atoms with E-state index < -0.39 is 11.8 Å². The third kappa shape index (κ3) is 3.02. The number of piperazine rings is 1. The average molecular weight is 268 g/mol. The molecule has 1 aliphatic rings. The number of para-hydroxylation sites is 1. The van der Waals surface area contributed by atoms with Crippen molar-refractivity contribution >= 4 is 11.7 Å². The lowest BCUT2D eigenvalue weighted by molar-refractivity contribution is 0.0697. The minimum absolute atomic E-state index is 0.00407. The third-order valence-electron chi connectivity index (χ3n) is 3.32. The summed E-state index contributed by atoms with van der Waals surface area (Å²) in [6, 6.07) is 4.10. The van der Waals surface area contributed by atoms with E-state index in [9.17, 15) is 9.18 Å². The van der Waals surface area contributed by atoms with Gasteiger partial charge in [-0.2, -0.15) is 0 Å². The number of aliphatic hydroxyl groups excluding tert-OH is 1. The van der Waals surface area contributed by atoms with Gasteiger partial charge in [-0.3, -0.25) is 4.90 Å². The summed E-state index contributed by atoms with van der Waals surface area (Å²) in [5.74, 6) is -1.62. The summed E-state index contributed by atoms with van der Waals surface area (Å²) in [4.78, 5) is 15.0. The van der Waals surface area contributed by atoms with Crippen LogP contribution in [0.25, 0.3) is 0 Å². The fourth-order valence-corrected chi connectivity index (χ4v) is 2.35. The highest BCUT2D eigenvalue weighted by Crippen LogP contribution is 2.25. The van der Waals surface area contributed by atoms with Crippen molar-refractivity contribution in [2.45, 2.75) is 0 Å². The van der Waals surface area contributed by atoms with E-state index in [2.05, 4.69) is 4.90 Å². The highest BCUT2D eigenvalue weighted by molar-refractivity contribution is 5.94. The van der Waals surface area contributed by atoms with Crippen LogP contribution in [0.1, 0.15) is 10.4 Å². The summed E-state index contributed by atoms with van der Waals surface area (Å²) in [5.41, 5.74) is 0.161. The molecule has 5 nitrogen and oxygen atoms in total. The Hall–Kier alpha value is -1.66. The molecule has 0 amide bonds. The molecule has 0 aliphatic carbocycles. The van der Waals surface area contributed by atoms with E-state index in [1.54, 1.807) is 4.90 Å². The smallest absolute Gasteiger partial charge is 0.337 e. The van der Waals surface area contributed by atoms with E-state index >= 15 is 0 Å². The first kappa shape index (κ1) is 13.8. The van der Waals surface area contributed by atoms with Crippen molar-refractivity contribution in [1.29, 1.82) is 0 Å². The lowest BCUT2D eigenvalue weighted by Gasteiger charge is -2.36. The van der Waals surface area contributed by atoms with Crippen LogP contribution in [0.2, 0.25) is 0 Å². The van der Waals surface area contributed by atoms with Crippen LogP contribution in [0, 0.1) is 5.82 Å². The van der Waals surface area contributed by atoms with Gasteiger partial charge in [0.2, 0.25) is 0 Å². The summed E-state index contributed by atoms with van der Waals surface area (Å²) in [5, 5.41) is 18.0. The van der Waals surface area contributed by atoms with Crippen LogP contribution >= 0.6 is 0 Å². The number of carboxylic acid groups (broad SMARTS) is 1. The van der Waals surface area contributed by atoms with Gasteiger partial charge >= 0.3 is 5.97 Å². The fraction of sp³-hybridized carbons (Fsp3) is 0.462. The van der Waals surface area contributed by atoms with Crippen LogP contribution in [-0.4, -0.2) is 60.4 Å². The number of benzene rings is 1. The van der Waals surface area contributed by atoms with Crippen LogP contribution in [0.4, 0.5) is 10.1 Å². The zero-order valence-corrected chi connectivity index (χ0v) is 10.5. The average Bonchev–Trinajstić information content (AvgIpc) is 2.40. The molecule has 1 fully saturated rings.